The van der Waals surface area contributed by atoms with E-state index in [1.54, 1.807) is 10.7 Å². The summed E-state index contributed by atoms with van der Waals surface area (Å²) in [6, 6.07) is 11.2. The van der Waals surface area contributed by atoms with Crippen LogP contribution < -0.4 is 10.3 Å². The number of nitrogens with one attached hydrogen (secondary N) is 1. The Morgan fingerprint density at radius 1 is 1.35 bits per heavy atom. The molecule has 1 aromatic heterocycles. The minimum absolute atomic E-state index is 0.0222. The van der Waals surface area contributed by atoms with Crippen molar-refractivity contribution in [3.63, 3.8) is 0 Å². The fourth-order valence-electron chi connectivity index (χ4n) is 1.72. The maximum atomic E-state index is 11.5. The number of aromatic amines is 1. The van der Waals surface area contributed by atoms with Gasteiger partial charge in [-0.25, -0.2) is 4.68 Å². The number of aromatic nitrogens is 2. The topological polar surface area (TPSA) is 47.0 Å². The van der Waals surface area contributed by atoms with Crippen molar-refractivity contribution < 1.29 is 4.74 Å². The van der Waals surface area contributed by atoms with Crippen LogP contribution in [0.4, 0.5) is 0 Å². The van der Waals surface area contributed by atoms with E-state index in [0.29, 0.717) is 6.54 Å². The van der Waals surface area contributed by atoms with Crippen LogP contribution in [0.3, 0.4) is 0 Å². The Bertz CT molecular complexity index is 528. The van der Waals surface area contributed by atoms with Crippen LogP contribution in [0.25, 0.3) is 0 Å². The zero-order chi connectivity index (χ0) is 12.3. The third kappa shape index (κ3) is 3.00. The number of rotatable bonds is 4. The summed E-state index contributed by atoms with van der Waals surface area (Å²) < 4.78 is 7.26. The van der Waals surface area contributed by atoms with Gasteiger partial charge in [-0.1, -0.05) is 18.2 Å². The minimum atomic E-state index is -0.0619. The highest BCUT2D eigenvalue weighted by molar-refractivity contribution is 5.21. The van der Waals surface area contributed by atoms with Gasteiger partial charge in [-0.15, -0.1) is 0 Å². The Balaban J connectivity index is 2.00. The molecule has 1 unspecified atom stereocenters. The highest BCUT2D eigenvalue weighted by atomic mass is 16.5. The molecule has 0 aliphatic heterocycles. The SMILES string of the molecule is Cc1cc(=O)n(CC(C)Oc2ccccc2)[nH]1. The normalized spacial score (nSPS) is 12.4. The maximum Gasteiger partial charge on any atom is 0.266 e. The molecule has 2 aromatic rings. The molecule has 1 heterocycles. The van der Waals surface area contributed by atoms with E-state index in [1.807, 2.05) is 44.2 Å². The molecule has 0 spiro atoms. The van der Waals surface area contributed by atoms with E-state index >= 15 is 0 Å². The number of para-hydroxylation sites is 1. The molecule has 0 fully saturated rings. The van der Waals surface area contributed by atoms with Crippen molar-refractivity contribution in [2.24, 2.45) is 0 Å². The van der Waals surface area contributed by atoms with Crippen molar-refractivity contribution in [1.29, 1.82) is 0 Å². The van der Waals surface area contributed by atoms with Crippen molar-refractivity contribution in [2.45, 2.75) is 26.5 Å². The van der Waals surface area contributed by atoms with E-state index in [2.05, 4.69) is 5.10 Å². The second-order valence-electron chi connectivity index (χ2n) is 4.13. The molecule has 0 amide bonds. The first-order valence-corrected chi connectivity index (χ1v) is 5.63. The average Bonchev–Trinajstić information content (AvgIpc) is 2.58. The molecule has 0 bridgehead atoms. The van der Waals surface area contributed by atoms with Gasteiger partial charge in [0.25, 0.3) is 5.56 Å². The molecule has 0 saturated carbocycles. The molecule has 1 aromatic carbocycles. The van der Waals surface area contributed by atoms with Gasteiger partial charge in [0, 0.05) is 11.8 Å². The van der Waals surface area contributed by atoms with Crippen molar-refractivity contribution in [1.82, 2.24) is 9.78 Å². The Hall–Kier alpha value is -1.97. The number of ether oxygens (including phenoxy) is 1. The molecule has 0 radical (unpaired) electrons. The lowest BCUT2D eigenvalue weighted by Crippen LogP contribution is -2.26. The third-order valence-corrected chi connectivity index (χ3v) is 2.44. The average molecular weight is 232 g/mol. The number of benzene rings is 1. The molecular weight excluding hydrogens is 216 g/mol. The lowest BCUT2D eigenvalue weighted by Gasteiger charge is -2.14. The monoisotopic (exact) mass is 232 g/mol. The van der Waals surface area contributed by atoms with Crippen molar-refractivity contribution >= 4 is 0 Å². The van der Waals surface area contributed by atoms with Crippen LogP contribution in [0.2, 0.25) is 0 Å². The lowest BCUT2D eigenvalue weighted by molar-refractivity contribution is 0.192. The Labute approximate surface area is 99.8 Å². The van der Waals surface area contributed by atoms with Gasteiger partial charge in [-0.2, -0.15) is 0 Å². The van der Waals surface area contributed by atoms with Crippen LogP contribution in [0, 0.1) is 6.92 Å². The van der Waals surface area contributed by atoms with E-state index in [1.165, 1.54) is 0 Å². The zero-order valence-electron chi connectivity index (χ0n) is 10.0. The summed E-state index contributed by atoms with van der Waals surface area (Å²) in [6.45, 7) is 4.32. The highest BCUT2D eigenvalue weighted by Crippen LogP contribution is 2.11. The van der Waals surface area contributed by atoms with Gasteiger partial charge in [-0.05, 0) is 26.0 Å². The second-order valence-corrected chi connectivity index (χ2v) is 4.13. The van der Waals surface area contributed by atoms with E-state index in [0.717, 1.165) is 11.4 Å². The first-order valence-electron chi connectivity index (χ1n) is 5.63. The fraction of sp³-hybridized carbons (Fsp3) is 0.308. The summed E-state index contributed by atoms with van der Waals surface area (Å²) in [7, 11) is 0. The first kappa shape index (κ1) is 11.5. The molecule has 2 rings (SSSR count). The van der Waals surface area contributed by atoms with E-state index in [9.17, 15) is 4.79 Å². The van der Waals surface area contributed by atoms with E-state index < -0.39 is 0 Å². The molecule has 4 nitrogen and oxygen atoms in total. The van der Waals surface area contributed by atoms with Gasteiger partial charge in [0.05, 0.1) is 6.54 Å². The summed E-state index contributed by atoms with van der Waals surface area (Å²) in [5, 5.41) is 2.99. The summed E-state index contributed by atoms with van der Waals surface area (Å²) >= 11 is 0. The number of aryl methyl sites for hydroxylation is 1. The fourth-order valence-corrected chi connectivity index (χ4v) is 1.72. The molecule has 17 heavy (non-hydrogen) atoms. The number of hydrogen-bond acceptors (Lipinski definition) is 2. The summed E-state index contributed by atoms with van der Waals surface area (Å²) in [6.07, 6.45) is -0.0619. The van der Waals surface area contributed by atoms with Crippen LogP contribution in [-0.4, -0.2) is 15.9 Å². The number of nitrogens with zero attached hydrogens (tertiary/aromatic N) is 1. The van der Waals surface area contributed by atoms with Crippen LogP contribution in [0.15, 0.2) is 41.2 Å². The van der Waals surface area contributed by atoms with Gasteiger partial charge in [0.15, 0.2) is 0 Å². The second kappa shape index (κ2) is 4.91. The van der Waals surface area contributed by atoms with Crippen LogP contribution in [-0.2, 0) is 6.54 Å². The summed E-state index contributed by atoms with van der Waals surface area (Å²) in [4.78, 5) is 11.5. The van der Waals surface area contributed by atoms with Crippen molar-refractivity contribution in [3.8, 4) is 5.75 Å². The van der Waals surface area contributed by atoms with Crippen LogP contribution in [0.1, 0.15) is 12.6 Å². The largest absolute Gasteiger partial charge is 0.489 e. The number of hydrogen-bond donors (Lipinski definition) is 1. The van der Waals surface area contributed by atoms with Gasteiger partial charge in [0.1, 0.15) is 11.9 Å². The van der Waals surface area contributed by atoms with Crippen molar-refractivity contribution in [3.05, 3.63) is 52.4 Å². The first-order chi connectivity index (χ1) is 8.15. The van der Waals surface area contributed by atoms with E-state index in [4.69, 9.17) is 4.74 Å². The smallest absolute Gasteiger partial charge is 0.266 e. The molecular formula is C13H16N2O2. The molecule has 4 heteroatoms. The predicted molar refractivity (Wildman–Crippen MR) is 66.3 cm³/mol. The highest BCUT2D eigenvalue weighted by Gasteiger charge is 2.07. The minimum Gasteiger partial charge on any atom is -0.489 e. The Morgan fingerprint density at radius 3 is 2.65 bits per heavy atom. The van der Waals surface area contributed by atoms with Gasteiger partial charge in [-0.3, -0.25) is 9.89 Å². The van der Waals surface area contributed by atoms with Gasteiger partial charge in [0.2, 0.25) is 0 Å². The quantitative estimate of drug-likeness (QED) is 0.875. The number of H-pyrrole nitrogens is 1. The standard InChI is InChI=1S/C13H16N2O2/c1-10-8-13(16)15(14-10)9-11(2)17-12-6-4-3-5-7-12/h3-8,11,14H,9H2,1-2H3. The van der Waals surface area contributed by atoms with Crippen molar-refractivity contribution in [2.75, 3.05) is 0 Å². The van der Waals surface area contributed by atoms with Gasteiger partial charge < -0.3 is 4.74 Å². The molecule has 0 aliphatic carbocycles. The molecule has 1 N–H and O–H groups in total. The lowest BCUT2D eigenvalue weighted by atomic mass is 10.3. The predicted octanol–water partition coefficient (Wildman–Crippen LogP) is 1.95. The molecule has 1 atom stereocenters. The van der Waals surface area contributed by atoms with Gasteiger partial charge >= 0.3 is 0 Å². The zero-order valence-corrected chi connectivity index (χ0v) is 10.0. The molecule has 90 valence electrons. The van der Waals surface area contributed by atoms with E-state index in [-0.39, 0.29) is 11.7 Å². The Kier molecular flexibility index (Phi) is 3.32. The van der Waals surface area contributed by atoms with Crippen LogP contribution in [0.5, 0.6) is 5.75 Å². The summed E-state index contributed by atoms with van der Waals surface area (Å²) in [5.41, 5.74) is 0.841. The maximum absolute atomic E-state index is 11.5. The summed E-state index contributed by atoms with van der Waals surface area (Å²) in [5.74, 6) is 0.816. The van der Waals surface area contributed by atoms with Crippen LogP contribution >= 0.6 is 0 Å². The third-order valence-electron chi connectivity index (χ3n) is 2.44. The molecule has 0 saturated heterocycles. The molecule has 0 aliphatic rings. The Morgan fingerprint density at radius 2 is 2.06 bits per heavy atom.